The van der Waals surface area contributed by atoms with Gasteiger partial charge >= 0.3 is 0 Å². The van der Waals surface area contributed by atoms with Gasteiger partial charge in [-0.25, -0.2) is 4.98 Å². The van der Waals surface area contributed by atoms with Gasteiger partial charge in [0.05, 0.1) is 10.7 Å². The van der Waals surface area contributed by atoms with E-state index in [2.05, 4.69) is 25.9 Å². The van der Waals surface area contributed by atoms with E-state index >= 15 is 0 Å². The van der Waals surface area contributed by atoms with Gasteiger partial charge in [0, 0.05) is 28.3 Å². The van der Waals surface area contributed by atoms with E-state index in [-0.39, 0.29) is 0 Å². The lowest BCUT2D eigenvalue weighted by Crippen LogP contribution is -2.00. The van der Waals surface area contributed by atoms with Crippen molar-refractivity contribution in [2.75, 3.05) is 5.73 Å². The molecule has 94 valence electrons. The Kier molecular flexibility index (Phi) is 4.24. The van der Waals surface area contributed by atoms with Crippen LogP contribution in [0.5, 0.6) is 0 Å². The zero-order valence-electron chi connectivity index (χ0n) is 10.3. The molecule has 2 heterocycles. The highest BCUT2D eigenvalue weighted by Gasteiger charge is 2.07. The molecule has 0 atom stereocenters. The van der Waals surface area contributed by atoms with Gasteiger partial charge in [-0.05, 0) is 53.0 Å². The molecule has 0 saturated carbocycles. The highest BCUT2D eigenvalue weighted by molar-refractivity contribution is 9.10. The predicted octanol–water partition coefficient (Wildman–Crippen LogP) is 3.73. The summed E-state index contributed by atoms with van der Waals surface area (Å²) in [5.41, 5.74) is 9.96. The van der Waals surface area contributed by atoms with E-state index in [1.165, 1.54) is 0 Å². The molecular formula is C13H14BrN3S. The van der Waals surface area contributed by atoms with E-state index in [1.54, 1.807) is 18.0 Å². The van der Waals surface area contributed by atoms with Gasteiger partial charge in [-0.1, -0.05) is 0 Å². The first-order chi connectivity index (χ1) is 8.58. The van der Waals surface area contributed by atoms with E-state index in [4.69, 9.17) is 5.73 Å². The minimum absolute atomic E-state index is 0.783. The lowest BCUT2D eigenvalue weighted by molar-refractivity contribution is 1.09. The maximum atomic E-state index is 6.00. The maximum absolute atomic E-state index is 6.00. The fraction of sp³-hybridized carbons (Fsp3) is 0.231. The number of thioether (sulfide) groups is 1. The normalized spacial score (nSPS) is 10.6. The number of aromatic nitrogens is 2. The summed E-state index contributed by atoms with van der Waals surface area (Å²) in [6.07, 6.45) is 3.62. The SMILES string of the molecule is Cc1cnc(CSc2ccc(Br)cn2)c(C)c1N. The number of anilines is 1. The predicted molar refractivity (Wildman–Crippen MR) is 79.6 cm³/mol. The van der Waals surface area contributed by atoms with Crippen LogP contribution in [0.3, 0.4) is 0 Å². The minimum atomic E-state index is 0.783. The van der Waals surface area contributed by atoms with E-state index in [9.17, 15) is 0 Å². The van der Waals surface area contributed by atoms with Crippen molar-refractivity contribution in [3.63, 3.8) is 0 Å². The van der Waals surface area contributed by atoms with Gasteiger partial charge in [0.2, 0.25) is 0 Å². The third kappa shape index (κ3) is 3.03. The van der Waals surface area contributed by atoms with Crippen molar-refractivity contribution in [1.29, 1.82) is 0 Å². The van der Waals surface area contributed by atoms with E-state index in [0.29, 0.717) is 0 Å². The highest BCUT2D eigenvalue weighted by Crippen LogP contribution is 2.25. The summed E-state index contributed by atoms with van der Waals surface area (Å²) in [5.74, 6) is 0.783. The fourth-order valence-electron chi connectivity index (χ4n) is 1.53. The van der Waals surface area contributed by atoms with Crippen LogP contribution in [0.2, 0.25) is 0 Å². The average Bonchev–Trinajstić information content (AvgIpc) is 2.37. The summed E-state index contributed by atoms with van der Waals surface area (Å²) in [6, 6.07) is 3.97. The Balaban J connectivity index is 2.11. The van der Waals surface area contributed by atoms with E-state index in [1.807, 2.05) is 32.2 Å². The van der Waals surface area contributed by atoms with Crippen molar-refractivity contribution >= 4 is 33.4 Å². The number of nitrogens with zero attached hydrogens (tertiary/aromatic N) is 2. The Labute approximate surface area is 119 Å². The maximum Gasteiger partial charge on any atom is 0.0964 e. The van der Waals surface area contributed by atoms with Gasteiger partial charge in [-0.3, -0.25) is 4.98 Å². The van der Waals surface area contributed by atoms with Crippen LogP contribution < -0.4 is 5.73 Å². The molecule has 0 amide bonds. The molecule has 0 fully saturated rings. The molecule has 0 radical (unpaired) electrons. The summed E-state index contributed by atoms with van der Waals surface area (Å²) in [7, 11) is 0. The van der Waals surface area contributed by atoms with Gasteiger partial charge in [0.1, 0.15) is 0 Å². The first-order valence-electron chi connectivity index (χ1n) is 5.53. The second kappa shape index (κ2) is 5.71. The molecule has 2 N–H and O–H groups in total. The molecule has 0 aliphatic rings. The van der Waals surface area contributed by atoms with Crippen LogP contribution >= 0.6 is 27.7 Å². The molecule has 0 aliphatic carbocycles. The third-order valence-corrected chi connectivity index (χ3v) is 4.16. The first kappa shape index (κ1) is 13.4. The molecule has 5 heteroatoms. The smallest absolute Gasteiger partial charge is 0.0964 e. The van der Waals surface area contributed by atoms with Crippen molar-refractivity contribution in [2.45, 2.75) is 24.6 Å². The molecule has 0 aliphatic heterocycles. The number of pyridine rings is 2. The Morgan fingerprint density at radius 1 is 1.22 bits per heavy atom. The molecule has 3 nitrogen and oxygen atoms in total. The van der Waals surface area contributed by atoms with Gasteiger partial charge in [0.25, 0.3) is 0 Å². The molecule has 2 rings (SSSR count). The highest BCUT2D eigenvalue weighted by atomic mass is 79.9. The third-order valence-electron chi connectivity index (χ3n) is 2.73. The van der Waals surface area contributed by atoms with Gasteiger partial charge in [-0.2, -0.15) is 0 Å². The standard InChI is InChI=1S/C13H14BrN3S/c1-8-5-16-11(9(2)13(8)15)7-18-12-4-3-10(14)6-17-12/h3-6H,7H2,1-2H3,(H2,15,16). The van der Waals surface area contributed by atoms with Crippen molar-refractivity contribution < 1.29 is 0 Å². The van der Waals surface area contributed by atoms with Crippen LogP contribution in [0.1, 0.15) is 16.8 Å². The van der Waals surface area contributed by atoms with E-state index < -0.39 is 0 Å². The number of hydrogen-bond donors (Lipinski definition) is 1. The molecule has 0 bridgehead atoms. The summed E-state index contributed by atoms with van der Waals surface area (Å²) >= 11 is 5.03. The zero-order chi connectivity index (χ0) is 13.1. The summed E-state index contributed by atoms with van der Waals surface area (Å²) in [5, 5.41) is 0.985. The number of nitrogens with two attached hydrogens (primary N) is 1. The topological polar surface area (TPSA) is 51.8 Å². The Morgan fingerprint density at radius 2 is 2.00 bits per heavy atom. The van der Waals surface area contributed by atoms with Crippen molar-refractivity contribution in [3.8, 4) is 0 Å². The largest absolute Gasteiger partial charge is 0.398 e. The number of nitrogen functional groups attached to an aromatic ring is 1. The molecule has 0 saturated heterocycles. The second-order valence-electron chi connectivity index (χ2n) is 4.03. The molecule has 0 aromatic carbocycles. The van der Waals surface area contributed by atoms with Crippen LogP contribution in [0.4, 0.5) is 5.69 Å². The van der Waals surface area contributed by atoms with Crippen LogP contribution in [0.15, 0.2) is 34.0 Å². The lowest BCUT2D eigenvalue weighted by atomic mass is 10.1. The Bertz CT molecular complexity index is 555. The van der Waals surface area contributed by atoms with Crippen LogP contribution in [0, 0.1) is 13.8 Å². The first-order valence-corrected chi connectivity index (χ1v) is 7.30. The molecule has 2 aromatic heterocycles. The van der Waals surface area contributed by atoms with E-state index in [0.717, 1.165) is 37.8 Å². The van der Waals surface area contributed by atoms with Crippen molar-refractivity contribution in [2.24, 2.45) is 0 Å². The Morgan fingerprint density at radius 3 is 2.67 bits per heavy atom. The van der Waals surface area contributed by atoms with Gasteiger partial charge in [0.15, 0.2) is 0 Å². The van der Waals surface area contributed by atoms with Gasteiger partial charge < -0.3 is 5.73 Å². The molecule has 0 spiro atoms. The summed E-state index contributed by atoms with van der Waals surface area (Å²) in [6.45, 7) is 3.99. The molecule has 18 heavy (non-hydrogen) atoms. The fourth-order valence-corrected chi connectivity index (χ4v) is 2.63. The van der Waals surface area contributed by atoms with Crippen LogP contribution in [0.25, 0.3) is 0 Å². The summed E-state index contributed by atoms with van der Waals surface area (Å²) in [4.78, 5) is 8.75. The Hall–Kier alpha value is -1.07. The summed E-state index contributed by atoms with van der Waals surface area (Å²) < 4.78 is 0.987. The number of rotatable bonds is 3. The van der Waals surface area contributed by atoms with Crippen LogP contribution in [-0.2, 0) is 5.75 Å². The zero-order valence-corrected chi connectivity index (χ0v) is 12.7. The molecule has 0 unspecified atom stereocenters. The van der Waals surface area contributed by atoms with Gasteiger partial charge in [-0.15, -0.1) is 11.8 Å². The number of hydrogen-bond acceptors (Lipinski definition) is 4. The number of aryl methyl sites for hydroxylation is 1. The van der Waals surface area contributed by atoms with Crippen molar-refractivity contribution in [3.05, 3.63) is 45.8 Å². The van der Waals surface area contributed by atoms with Crippen LogP contribution in [-0.4, -0.2) is 9.97 Å². The molecule has 2 aromatic rings. The monoisotopic (exact) mass is 323 g/mol. The quantitative estimate of drug-likeness (QED) is 0.874. The molecular weight excluding hydrogens is 310 g/mol. The average molecular weight is 324 g/mol. The van der Waals surface area contributed by atoms with Crippen molar-refractivity contribution in [1.82, 2.24) is 9.97 Å². The second-order valence-corrected chi connectivity index (χ2v) is 5.94. The lowest BCUT2D eigenvalue weighted by Gasteiger charge is -2.09. The minimum Gasteiger partial charge on any atom is -0.398 e. The number of halogens is 1.